The third-order valence-electron chi connectivity index (χ3n) is 3.25. The molecule has 1 N–H and O–H groups in total. The molecule has 0 saturated carbocycles. The highest BCUT2D eigenvalue weighted by Gasteiger charge is 2.13. The number of para-hydroxylation sites is 1. The highest BCUT2D eigenvalue weighted by molar-refractivity contribution is 8.38. The minimum atomic E-state index is -0.0563. The Hall–Kier alpha value is -1.57. The number of thioether (sulfide) groups is 2. The Labute approximate surface area is 139 Å². The number of nitrogens with one attached hydrogen (secondary N) is 1. The molecule has 1 aliphatic rings. The molecule has 3 aromatic rings. The van der Waals surface area contributed by atoms with E-state index in [1.54, 1.807) is 23.5 Å². The number of fused-ring (bicyclic) bond motifs is 2. The van der Waals surface area contributed by atoms with Gasteiger partial charge >= 0.3 is 0 Å². The Morgan fingerprint density at radius 1 is 1.27 bits per heavy atom. The van der Waals surface area contributed by atoms with E-state index < -0.39 is 0 Å². The van der Waals surface area contributed by atoms with Crippen LogP contribution in [0.25, 0.3) is 10.2 Å². The standard InChI is InChI=1S/C15H11N3OS3/c19-14-13-11(5-6-20-13)16-12(18-14)8-22-15-17-10-4-2-1-3-9(10)7-21-15/h1-6H,7-8H2,(H,16,18,19). The molecule has 110 valence electrons. The Kier molecular flexibility index (Phi) is 3.77. The second-order valence-corrected chi connectivity index (χ2v) is 7.83. The van der Waals surface area contributed by atoms with E-state index in [0.29, 0.717) is 16.3 Å². The Bertz CT molecular complexity index is 929. The van der Waals surface area contributed by atoms with Crippen LogP contribution in [0.15, 0.2) is 45.5 Å². The molecule has 0 bridgehead atoms. The van der Waals surface area contributed by atoms with Crippen molar-refractivity contribution in [3.05, 3.63) is 57.5 Å². The van der Waals surface area contributed by atoms with E-state index in [0.717, 1.165) is 21.3 Å². The first kappa shape index (κ1) is 14.0. The molecule has 1 aliphatic heterocycles. The first-order valence-electron chi connectivity index (χ1n) is 6.68. The molecule has 0 spiro atoms. The number of hydrogen-bond acceptors (Lipinski definition) is 6. The van der Waals surface area contributed by atoms with Crippen LogP contribution >= 0.6 is 34.9 Å². The monoisotopic (exact) mass is 345 g/mol. The normalized spacial score (nSPS) is 13.9. The van der Waals surface area contributed by atoms with Crippen LogP contribution in [0.2, 0.25) is 0 Å². The molecular weight excluding hydrogens is 334 g/mol. The van der Waals surface area contributed by atoms with Gasteiger partial charge in [-0.1, -0.05) is 41.7 Å². The quantitative estimate of drug-likeness (QED) is 0.758. The zero-order valence-electron chi connectivity index (χ0n) is 11.4. The molecular formula is C15H11N3OS3. The number of nitrogens with zero attached hydrogens (tertiary/aromatic N) is 2. The average molecular weight is 345 g/mol. The predicted octanol–water partition coefficient (Wildman–Crippen LogP) is 4.15. The molecule has 4 nitrogen and oxygen atoms in total. The van der Waals surface area contributed by atoms with Crippen LogP contribution in [0.4, 0.5) is 5.69 Å². The second kappa shape index (κ2) is 5.91. The second-order valence-electron chi connectivity index (χ2n) is 4.73. The number of hydrogen-bond donors (Lipinski definition) is 1. The lowest BCUT2D eigenvalue weighted by Crippen LogP contribution is -2.10. The van der Waals surface area contributed by atoms with Crippen molar-refractivity contribution < 1.29 is 0 Å². The molecule has 0 saturated heterocycles. The summed E-state index contributed by atoms with van der Waals surface area (Å²) in [5.74, 6) is 2.26. The molecule has 0 fully saturated rings. The number of aliphatic imine (C=N–C) groups is 1. The molecule has 0 amide bonds. The van der Waals surface area contributed by atoms with Gasteiger partial charge in [0.05, 0.1) is 17.0 Å². The predicted molar refractivity (Wildman–Crippen MR) is 96.4 cm³/mol. The van der Waals surface area contributed by atoms with Gasteiger partial charge in [0.2, 0.25) is 0 Å². The third-order valence-corrected chi connectivity index (χ3v) is 6.41. The van der Waals surface area contributed by atoms with Gasteiger partial charge in [-0.2, -0.15) is 0 Å². The zero-order valence-corrected chi connectivity index (χ0v) is 13.9. The molecule has 0 radical (unpaired) electrons. The molecule has 0 aliphatic carbocycles. The zero-order chi connectivity index (χ0) is 14.9. The Balaban J connectivity index is 1.55. The van der Waals surface area contributed by atoms with Crippen molar-refractivity contribution in [3.63, 3.8) is 0 Å². The van der Waals surface area contributed by atoms with Crippen molar-refractivity contribution >= 4 is 55.1 Å². The topological polar surface area (TPSA) is 58.1 Å². The smallest absolute Gasteiger partial charge is 0.268 e. The molecule has 4 rings (SSSR count). The van der Waals surface area contributed by atoms with Crippen molar-refractivity contribution in [2.75, 3.05) is 0 Å². The molecule has 0 atom stereocenters. The maximum Gasteiger partial charge on any atom is 0.268 e. The van der Waals surface area contributed by atoms with Crippen LogP contribution in [-0.2, 0) is 11.5 Å². The SMILES string of the molecule is O=c1[nH]c(CSC2=Nc3ccccc3CS2)nc2ccsc12. The van der Waals surface area contributed by atoms with Gasteiger partial charge < -0.3 is 4.98 Å². The highest BCUT2D eigenvalue weighted by Crippen LogP contribution is 2.35. The van der Waals surface area contributed by atoms with E-state index in [1.165, 1.54) is 16.9 Å². The minimum absolute atomic E-state index is 0.0563. The first-order valence-corrected chi connectivity index (χ1v) is 9.53. The largest absolute Gasteiger partial charge is 0.309 e. The number of aromatic nitrogens is 2. The van der Waals surface area contributed by atoms with Gasteiger partial charge in [0.25, 0.3) is 5.56 Å². The summed E-state index contributed by atoms with van der Waals surface area (Å²) < 4.78 is 1.71. The molecule has 22 heavy (non-hydrogen) atoms. The summed E-state index contributed by atoms with van der Waals surface area (Å²) in [5.41, 5.74) is 3.02. The van der Waals surface area contributed by atoms with E-state index in [-0.39, 0.29) is 5.56 Å². The van der Waals surface area contributed by atoms with E-state index >= 15 is 0 Å². The summed E-state index contributed by atoms with van der Waals surface area (Å²) >= 11 is 4.77. The molecule has 3 heterocycles. The summed E-state index contributed by atoms with van der Waals surface area (Å²) in [7, 11) is 0. The maximum absolute atomic E-state index is 11.9. The fourth-order valence-electron chi connectivity index (χ4n) is 2.21. The van der Waals surface area contributed by atoms with Gasteiger partial charge in [0.15, 0.2) is 0 Å². The van der Waals surface area contributed by atoms with Crippen molar-refractivity contribution in [2.24, 2.45) is 4.99 Å². The lowest BCUT2D eigenvalue weighted by Gasteiger charge is -2.13. The first-order chi connectivity index (χ1) is 10.8. The van der Waals surface area contributed by atoms with Crippen LogP contribution in [0.5, 0.6) is 0 Å². The van der Waals surface area contributed by atoms with E-state index in [4.69, 9.17) is 0 Å². The average Bonchev–Trinajstić information content (AvgIpc) is 3.02. The lowest BCUT2D eigenvalue weighted by atomic mass is 10.2. The van der Waals surface area contributed by atoms with Crippen LogP contribution < -0.4 is 5.56 Å². The number of aromatic amines is 1. The third kappa shape index (κ3) is 2.71. The minimum Gasteiger partial charge on any atom is -0.309 e. The number of benzene rings is 1. The molecule has 0 unspecified atom stereocenters. The van der Waals surface area contributed by atoms with Crippen LogP contribution in [0, 0.1) is 0 Å². The van der Waals surface area contributed by atoms with Crippen molar-refractivity contribution in [2.45, 2.75) is 11.5 Å². The lowest BCUT2D eigenvalue weighted by molar-refractivity contribution is 1.05. The van der Waals surface area contributed by atoms with Gasteiger partial charge in [0, 0.05) is 5.75 Å². The number of H-pyrrole nitrogens is 1. The molecule has 1 aromatic carbocycles. The number of thiophene rings is 1. The van der Waals surface area contributed by atoms with Crippen molar-refractivity contribution in [1.29, 1.82) is 0 Å². The van der Waals surface area contributed by atoms with Gasteiger partial charge in [-0.3, -0.25) is 4.79 Å². The van der Waals surface area contributed by atoms with Gasteiger partial charge in [-0.25, -0.2) is 9.98 Å². The van der Waals surface area contributed by atoms with Crippen LogP contribution in [-0.4, -0.2) is 14.3 Å². The summed E-state index contributed by atoms with van der Waals surface area (Å²) in [4.78, 5) is 24.0. The van der Waals surface area contributed by atoms with E-state index in [9.17, 15) is 4.79 Å². The fraction of sp³-hybridized carbons (Fsp3) is 0.133. The van der Waals surface area contributed by atoms with Gasteiger partial charge in [0.1, 0.15) is 14.9 Å². The summed E-state index contributed by atoms with van der Waals surface area (Å²) in [6, 6.07) is 10.1. The van der Waals surface area contributed by atoms with Gasteiger partial charge in [-0.15, -0.1) is 11.3 Å². The highest BCUT2D eigenvalue weighted by atomic mass is 32.2. The number of rotatable bonds is 2. The summed E-state index contributed by atoms with van der Waals surface area (Å²) in [6.45, 7) is 0. The fourth-order valence-corrected chi connectivity index (χ4v) is 4.86. The van der Waals surface area contributed by atoms with Crippen molar-refractivity contribution in [1.82, 2.24) is 9.97 Å². The van der Waals surface area contributed by atoms with Gasteiger partial charge in [-0.05, 0) is 23.1 Å². The summed E-state index contributed by atoms with van der Waals surface area (Å²) in [5, 5.41) is 1.89. The molecule has 7 heteroatoms. The maximum atomic E-state index is 11.9. The molecule has 2 aromatic heterocycles. The van der Waals surface area contributed by atoms with Crippen molar-refractivity contribution in [3.8, 4) is 0 Å². The van der Waals surface area contributed by atoms with E-state index in [2.05, 4.69) is 21.0 Å². The van der Waals surface area contributed by atoms with Crippen LogP contribution in [0.3, 0.4) is 0 Å². The Morgan fingerprint density at radius 3 is 3.14 bits per heavy atom. The van der Waals surface area contributed by atoms with Crippen LogP contribution in [0.1, 0.15) is 11.4 Å². The summed E-state index contributed by atoms with van der Waals surface area (Å²) in [6.07, 6.45) is 0. The Morgan fingerprint density at radius 2 is 2.18 bits per heavy atom. The van der Waals surface area contributed by atoms with E-state index in [1.807, 2.05) is 29.6 Å².